The quantitative estimate of drug-likeness (QED) is 0.421. The van der Waals surface area contributed by atoms with Crippen LogP contribution in [-0.2, 0) is 0 Å². The Morgan fingerprint density at radius 2 is 1.35 bits per heavy atom. The normalized spacial score (nSPS) is 10.8. The van der Waals surface area contributed by atoms with Crippen LogP contribution in [0.5, 0.6) is 5.75 Å². The van der Waals surface area contributed by atoms with Gasteiger partial charge in [0.2, 0.25) is 0 Å². The zero-order valence-corrected chi connectivity index (χ0v) is 14.3. The maximum Gasteiger partial charge on any atom is 0.138 e. The van der Waals surface area contributed by atoms with Gasteiger partial charge < -0.3 is 4.74 Å². The molecule has 0 fully saturated rings. The standard InChI is InChI=1S/C12H5Cl6NO/c1-20-4-2-5(13)12(19-3-4)6-7(14)9(16)11(18)10(17)8(6)15/h2-3H,1H3. The molecule has 1 aromatic carbocycles. The molecule has 0 saturated heterocycles. The number of aromatic nitrogens is 1. The number of halogens is 6. The first-order valence-corrected chi connectivity index (χ1v) is 7.36. The van der Waals surface area contributed by atoms with E-state index in [-0.39, 0.29) is 25.1 Å². The van der Waals surface area contributed by atoms with E-state index in [4.69, 9.17) is 74.3 Å². The molecule has 0 aliphatic rings. The lowest BCUT2D eigenvalue weighted by Gasteiger charge is -2.13. The summed E-state index contributed by atoms with van der Waals surface area (Å²) in [5.74, 6) is 0.497. The number of pyridine rings is 1. The number of rotatable bonds is 2. The molecule has 0 radical (unpaired) electrons. The molecule has 0 bridgehead atoms. The second-order valence-corrected chi connectivity index (χ2v) is 5.95. The summed E-state index contributed by atoms with van der Waals surface area (Å²) >= 11 is 36.5. The van der Waals surface area contributed by atoms with Crippen LogP contribution in [0.4, 0.5) is 0 Å². The molecule has 0 N–H and O–H groups in total. The van der Waals surface area contributed by atoms with E-state index in [1.165, 1.54) is 13.3 Å². The van der Waals surface area contributed by atoms with E-state index in [1.54, 1.807) is 6.07 Å². The van der Waals surface area contributed by atoms with E-state index in [0.717, 1.165) is 0 Å². The molecule has 106 valence electrons. The molecule has 0 amide bonds. The number of methoxy groups -OCH3 is 1. The fourth-order valence-corrected chi connectivity index (χ4v) is 3.10. The lowest BCUT2D eigenvalue weighted by Crippen LogP contribution is -1.92. The first kappa shape index (κ1) is 16.3. The van der Waals surface area contributed by atoms with Gasteiger partial charge in [0.1, 0.15) is 5.75 Å². The molecular weight excluding hydrogens is 387 g/mol. The summed E-state index contributed by atoms with van der Waals surface area (Å²) in [6, 6.07) is 1.58. The minimum absolute atomic E-state index is 0.0803. The van der Waals surface area contributed by atoms with E-state index >= 15 is 0 Å². The fourth-order valence-electron chi connectivity index (χ4n) is 1.53. The van der Waals surface area contributed by atoms with Crippen molar-refractivity contribution in [3.8, 4) is 17.0 Å². The van der Waals surface area contributed by atoms with Gasteiger partial charge in [-0.25, -0.2) is 0 Å². The van der Waals surface area contributed by atoms with Crippen LogP contribution in [0, 0.1) is 0 Å². The summed E-state index contributed by atoms with van der Waals surface area (Å²) in [5, 5.41) is 0.813. The molecule has 2 aromatic rings. The van der Waals surface area contributed by atoms with Gasteiger partial charge in [-0.05, 0) is 0 Å². The van der Waals surface area contributed by atoms with Crippen molar-refractivity contribution in [1.29, 1.82) is 0 Å². The largest absolute Gasteiger partial charge is 0.495 e. The minimum Gasteiger partial charge on any atom is -0.495 e. The highest BCUT2D eigenvalue weighted by Crippen LogP contribution is 2.49. The molecule has 0 spiro atoms. The van der Waals surface area contributed by atoms with Crippen molar-refractivity contribution in [1.82, 2.24) is 4.98 Å². The number of benzene rings is 1. The van der Waals surface area contributed by atoms with Gasteiger partial charge in [0.15, 0.2) is 0 Å². The van der Waals surface area contributed by atoms with Gasteiger partial charge in [0, 0.05) is 11.6 Å². The predicted molar refractivity (Wildman–Crippen MR) is 86.3 cm³/mol. The van der Waals surface area contributed by atoms with E-state index in [2.05, 4.69) is 4.98 Å². The Balaban J connectivity index is 2.76. The second kappa shape index (κ2) is 6.35. The first-order valence-electron chi connectivity index (χ1n) is 5.09. The average molecular weight is 392 g/mol. The molecule has 0 saturated carbocycles. The minimum atomic E-state index is 0.0803. The number of nitrogens with zero attached hydrogens (tertiary/aromatic N) is 1. The summed E-state index contributed by atoms with van der Waals surface area (Å²) < 4.78 is 5.03. The molecule has 0 aliphatic carbocycles. The molecule has 2 nitrogen and oxygen atoms in total. The highest BCUT2D eigenvalue weighted by molar-refractivity contribution is 6.56. The smallest absolute Gasteiger partial charge is 0.138 e. The van der Waals surface area contributed by atoms with Crippen LogP contribution in [0.25, 0.3) is 11.3 Å². The zero-order valence-electron chi connectivity index (χ0n) is 9.78. The maximum absolute atomic E-state index is 6.17. The van der Waals surface area contributed by atoms with E-state index < -0.39 is 0 Å². The van der Waals surface area contributed by atoms with Crippen molar-refractivity contribution in [2.45, 2.75) is 0 Å². The molecule has 1 heterocycles. The van der Waals surface area contributed by atoms with Crippen LogP contribution in [0.2, 0.25) is 30.1 Å². The average Bonchev–Trinajstić information content (AvgIpc) is 2.44. The van der Waals surface area contributed by atoms with E-state index in [9.17, 15) is 0 Å². The Kier molecular flexibility index (Phi) is 5.17. The third kappa shape index (κ3) is 2.78. The zero-order chi connectivity index (χ0) is 15.0. The molecule has 1 aromatic heterocycles. The summed E-state index contributed by atoms with van der Waals surface area (Å²) in [5.41, 5.74) is 0.656. The Bertz CT molecular complexity index is 659. The van der Waals surface area contributed by atoms with Crippen LogP contribution in [0.1, 0.15) is 0 Å². The number of ether oxygens (including phenoxy) is 1. The highest BCUT2D eigenvalue weighted by Gasteiger charge is 2.23. The van der Waals surface area contributed by atoms with E-state index in [0.29, 0.717) is 22.0 Å². The lowest BCUT2D eigenvalue weighted by molar-refractivity contribution is 0.413. The van der Waals surface area contributed by atoms with Crippen molar-refractivity contribution >= 4 is 69.6 Å². The molecular formula is C12H5Cl6NO. The van der Waals surface area contributed by atoms with Gasteiger partial charge in [-0.1, -0.05) is 69.6 Å². The van der Waals surface area contributed by atoms with Crippen molar-refractivity contribution in [2.24, 2.45) is 0 Å². The van der Waals surface area contributed by atoms with Crippen LogP contribution in [-0.4, -0.2) is 12.1 Å². The van der Waals surface area contributed by atoms with Gasteiger partial charge in [0.05, 0.1) is 49.1 Å². The topological polar surface area (TPSA) is 22.1 Å². The van der Waals surface area contributed by atoms with Crippen LogP contribution < -0.4 is 4.74 Å². The predicted octanol–water partition coefficient (Wildman–Crippen LogP) is 6.68. The van der Waals surface area contributed by atoms with Crippen LogP contribution >= 0.6 is 69.6 Å². The fraction of sp³-hybridized carbons (Fsp3) is 0.0833. The molecule has 0 aliphatic heterocycles. The summed E-state index contributed by atoms with van der Waals surface area (Å²) in [4.78, 5) is 4.17. The van der Waals surface area contributed by atoms with Crippen molar-refractivity contribution in [3.05, 3.63) is 42.4 Å². The SMILES string of the molecule is COc1cnc(-c2c(Cl)c(Cl)c(Cl)c(Cl)c2Cl)c(Cl)c1. The first-order chi connectivity index (χ1) is 9.38. The number of hydrogen-bond donors (Lipinski definition) is 0. The van der Waals surface area contributed by atoms with Crippen molar-refractivity contribution in [3.63, 3.8) is 0 Å². The Morgan fingerprint density at radius 3 is 1.80 bits per heavy atom. The Morgan fingerprint density at radius 1 is 0.850 bits per heavy atom. The molecule has 2 rings (SSSR count). The molecule has 0 unspecified atom stereocenters. The van der Waals surface area contributed by atoms with Crippen molar-refractivity contribution < 1.29 is 4.74 Å². The van der Waals surface area contributed by atoms with Gasteiger partial charge in [-0.3, -0.25) is 4.98 Å². The Hall–Kier alpha value is -0.0900. The van der Waals surface area contributed by atoms with Gasteiger partial charge in [-0.2, -0.15) is 0 Å². The molecule has 0 atom stereocenters. The van der Waals surface area contributed by atoms with Crippen molar-refractivity contribution in [2.75, 3.05) is 7.11 Å². The van der Waals surface area contributed by atoms with Gasteiger partial charge in [0.25, 0.3) is 0 Å². The Labute approximate surface area is 145 Å². The summed E-state index contributed by atoms with van der Waals surface area (Å²) in [6.45, 7) is 0. The third-order valence-electron chi connectivity index (χ3n) is 2.50. The van der Waals surface area contributed by atoms with Crippen LogP contribution in [0.15, 0.2) is 12.3 Å². The lowest BCUT2D eigenvalue weighted by atomic mass is 10.1. The third-order valence-corrected chi connectivity index (χ3v) is 5.06. The van der Waals surface area contributed by atoms with Gasteiger partial charge >= 0.3 is 0 Å². The highest BCUT2D eigenvalue weighted by atomic mass is 35.5. The maximum atomic E-state index is 6.17. The van der Waals surface area contributed by atoms with Crippen LogP contribution in [0.3, 0.4) is 0 Å². The second-order valence-electron chi connectivity index (χ2n) is 3.65. The van der Waals surface area contributed by atoms with Gasteiger partial charge in [-0.15, -0.1) is 0 Å². The number of hydrogen-bond acceptors (Lipinski definition) is 2. The monoisotopic (exact) mass is 389 g/mol. The summed E-state index contributed by atoms with van der Waals surface area (Å²) in [7, 11) is 1.50. The van der Waals surface area contributed by atoms with E-state index in [1.807, 2.05) is 0 Å². The molecule has 20 heavy (non-hydrogen) atoms. The summed E-state index contributed by atoms with van der Waals surface area (Å²) in [6.07, 6.45) is 1.48. The molecule has 8 heteroatoms.